The highest BCUT2D eigenvalue weighted by atomic mass is 16.4. The first kappa shape index (κ1) is 21.9. The second kappa shape index (κ2) is 8.81. The van der Waals surface area contributed by atoms with Crippen molar-refractivity contribution in [3.63, 3.8) is 0 Å². The Bertz CT molecular complexity index is 1360. The van der Waals surface area contributed by atoms with Gasteiger partial charge in [-0.1, -0.05) is 36.4 Å². The highest BCUT2D eigenvalue weighted by Gasteiger charge is 2.32. The summed E-state index contributed by atoms with van der Waals surface area (Å²) in [6.07, 6.45) is 2.81. The topological polar surface area (TPSA) is 72.4 Å². The number of hydrogen-bond acceptors (Lipinski definition) is 7. The molecule has 2 aromatic heterocycles. The van der Waals surface area contributed by atoms with Gasteiger partial charge in [0.1, 0.15) is 17.4 Å². The summed E-state index contributed by atoms with van der Waals surface area (Å²) in [4.78, 5) is 15.7. The van der Waals surface area contributed by atoms with E-state index in [4.69, 9.17) is 9.40 Å². The number of rotatable bonds is 5. The average Bonchev–Trinajstić information content (AvgIpc) is 3.52. The van der Waals surface area contributed by atoms with E-state index in [0.717, 1.165) is 47.7 Å². The molecule has 0 spiro atoms. The Hall–Kier alpha value is -3.89. The van der Waals surface area contributed by atoms with Crippen LogP contribution >= 0.6 is 0 Å². The highest BCUT2D eigenvalue weighted by molar-refractivity contribution is 6.03. The van der Waals surface area contributed by atoms with Crippen LogP contribution in [-0.4, -0.2) is 55.1 Å². The van der Waals surface area contributed by atoms with Gasteiger partial charge in [-0.2, -0.15) is 10.2 Å². The van der Waals surface area contributed by atoms with Crippen LogP contribution in [0.2, 0.25) is 0 Å². The molecule has 4 aromatic rings. The predicted octanol–water partition coefficient (Wildman–Crippen LogP) is 4.98. The molecule has 1 saturated heterocycles. The van der Waals surface area contributed by atoms with Gasteiger partial charge in [-0.15, -0.1) is 0 Å². The number of benzene rings is 2. The van der Waals surface area contributed by atoms with Gasteiger partial charge in [-0.05, 0) is 50.7 Å². The summed E-state index contributed by atoms with van der Waals surface area (Å²) in [7, 11) is 6.13. The number of nitriles is 1. The second-order valence-corrected chi connectivity index (χ2v) is 8.97. The van der Waals surface area contributed by atoms with Crippen LogP contribution in [0.4, 0.5) is 17.5 Å². The van der Waals surface area contributed by atoms with Crippen molar-refractivity contribution in [2.24, 2.45) is 0 Å². The summed E-state index contributed by atoms with van der Waals surface area (Å²) in [5.41, 5.74) is 5.83. The summed E-state index contributed by atoms with van der Waals surface area (Å²) in [6.45, 7) is 3.81. The van der Waals surface area contributed by atoms with Gasteiger partial charge in [-0.3, -0.25) is 4.90 Å². The molecule has 1 aliphatic heterocycles. The molecule has 1 atom stereocenters. The van der Waals surface area contributed by atoms with Crippen molar-refractivity contribution >= 4 is 28.6 Å². The van der Waals surface area contributed by atoms with Crippen molar-refractivity contribution in [3.05, 3.63) is 65.9 Å². The first-order valence-electron chi connectivity index (χ1n) is 11.5. The van der Waals surface area contributed by atoms with Crippen LogP contribution < -0.4 is 9.80 Å². The smallest absolute Gasteiger partial charge is 0.304 e. The van der Waals surface area contributed by atoms with Gasteiger partial charge < -0.3 is 14.2 Å². The maximum atomic E-state index is 10.1. The number of nitrogens with zero attached hydrogens (tertiary/aromatic N) is 6. The molecule has 1 fully saturated rings. The Balaban J connectivity index is 1.77. The molecule has 0 amide bonds. The van der Waals surface area contributed by atoms with Gasteiger partial charge in [-0.25, -0.2) is 4.98 Å². The van der Waals surface area contributed by atoms with E-state index >= 15 is 0 Å². The third kappa shape index (κ3) is 3.66. The molecule has 0 saturated carbocycles. The number of likely N-dealkylation sites (N-methyl/N-ethyl adjacent to an activating group) is 1. The summed E-state index contributed by atoms with van der Waals surface area (Å²) in [6, 6.07) is 19.2. The van der Waals surface area contributed by atoms with Crippen LogP contribution in [0.3, 0.4) is 0 Å². The fraction of sp³-hybridized carbons (Fsp3) is 0.296. The minimum absolute atomic E-state index is 0.416. The minimum atomic E-state index is 0.416. The first-order valence-corrected chi connectivity index (χ1v) is 11.5. The van der Waals surface area contributed by atoms with Gasteiger partial charge in [0.05, 0.1) is 11.3 Å². The summed E-state index contributed by atoms with van der Waals surface area (Å²) in [5.74, 6) is 0.725. The molecule has 0 aliphatic carbocycles. The van der Waals surface area contributed by atoms with E-state index in [1.165, 1.54) is 0 Å². The van der Waals surface area contributed by atoms with E-state index in [2.05, 4.69) is 47.1 Å². The lowest BCUT2D eigenvalue weighted by Crippen LogP contribution is -2.31. The van der Waals surface area contributed by atoms with Crippen LogP contribution in [0.1, 0.15) is 17.5 Å². The van der Waals surface area contributed by atoms with Crippen molar-refractivity contribution in [2.75, 3.05) is 44.0 Å². The standard InChI is InChI=1S/C27H28N6O/c1-18-21(16-28)24-26(34-27(30-24)32(4)22-12-8-9-14-29-22)25(23(18)19-10-6-5-7-11-19)33-15-13-20(17-33)31(2)3/h5-12,14,20H,13,15,17H2,1-4H3/t20-/m0/s1. The monoisotopic (exact) mass is 452 g/mol. The van der Waals surface area contributed by atoms with Crippen LogP contribution in [0.25, 0.3) is 22.2 Å². The molecule has 5 rings (SSSR count). The second-order valence-electron chi connectivity index (χ2n) is 8.97. The molecular weight excluding hydrogens is 424 g/mol. The highest BCUT2D eigenvalue weighted by Crippen LogP contribution is 2.45. The minimum Gasteiger partial charge on any atom is -0.421 e. The molecule has 34 heavy (non-hydrogen) atoms. The quantitative estimate of drug-likeness (QED) is 0.423. The lowest BCUT2D eigenvalue weighted by Gasteiger charge is -2.25. The maximum Gasteiger partial charge on any atom is 0.304 e. The maximum absolute atomic E-state index is 10.1. The molecule has 7 nitrogen and oxygen atoms in total. The normalized spacial score (nSPS) is 15.8. The molecule has 172 valence electrons. The zero-order chi connectivity index (χ0) is 23.8. The number of oxazole rings is 1. The summed E-state index contributed by atoms with van der Waals surface area (Å²) in [5, 5.41) is 10.1. The van der Waals surface area contributed by atoms with Crippen molar-refractivity contribution in [1.82, 2.24) is 14.9 Å². The fourth-order valence-electron chi connectivity index (χ4n) is 4.79. The van der Waals surface area contributed by atoms with E-state index in [9.17, 15) is 5.26 Å². The third-order valence-corrected chi connectivity index (χ3v) is 6.72. The molecular formula is C27H28N6O. The Morgan fingerprint density at radius 1 is 1.09 bits per heavy atom. The van der Waals surface area contributed by atoms with Crippen LogP contribution in [-0.2, 0) is 0 Å². The van der Waals surface area contributed by atoms with Gasteiger partial charge in [0.2, 0.25) is 0 Å². The lowest BCUT2D eigenvalue weighted by molar-refractivity contribution is 0.315. The van der Waals surface area contributed by atoms with E-state index in [1.54, 1.807) is 6.20 Å². The Morgan fingerprint density at radius 3 is 2.50 bits per heavy atom. The average molecular weight is 453 g/mol. The molecule has 0 unspecified atom stereocenters. The lowest BCUT2D eigenvalue weighted by atomic mass is 9.93. The van der Waals surface area contributed by atoms with Crippen LogP contribution in [0.15, 0.2) is 59.1 Å². The Morgan fingerprint density at radius 2 is 1.85 bits per heavy atom. The number of fused-ring (bicyclic) bond motifs is 1. The molecule has 0 N–H and O–H groups in total. The number of pyridine rings is 1. The largest absolute Gasteiger partial charge is 0.421 e. The van der Waals surface area contributed by atoms with Crippen LogP contribution in [0.5, 0.6) is 0 Å². The molecule has 0 radical (unpaired) electrons. The molecule has 3 heterocycles. The molecule has 1 aliphatic rings. The van der Waals surface area contributed by atoms with Crippen molar-refractivity contribution in [1.29, 1.82) is 5.26 Å². The van der Waals surface area contributed by atoms with Crippen molar-refractivity contribution < 1.29 is 4.42 Å². The van der Waals surface area contributed by atoms with E-state index in [1.807, 2.05) is 55.3 Å². The number of aromatic nitrogens is 2. The van der Waals surface area contributed by atoms with Crippen molar-refractivity contribution in [2.45, 2.75) is 19.4 Å². The molecule has 0 bridgehead atoms. The van der Waals surface area contributed by atoms with Gasteiger partial charge >= 0.3 is 6.01 Å². The predicted molar refractivity (Wildman–Crippen MR) is 136 cm³/mol. The molecule has 2 aromatic carbocycles. The van der Waals surface area contributed by atoms with Crippen molar-refractivity contribution in [3.8, 4) is 17.2 Å². The number of hydrogen-bond donors (Lipinski definition) is 0. The fourth-order valence-corrected chi connectivity index (χ4v) is 4.79. The first-order chi connectivity index (χ1) is 16.5. The zero-order valence-electron chi connectivity index (χ0n) is 20.0. The Kier molecular flexibility index (Phi) is 5.68. The van der Waals surface area contributed by atoms with E-state index in [0.29, 0.717) is 28.7 Å². The third-order valence-electron chi connectivity index (χ3n) is 6.72. The number of anilines is 3. The van der Waals surface area contributed by atoms with Gasteiger partial charge in [0.25, 0.3) is 0 Å². The Labute approximate surface area is 199 Å². The summed E-state index contributed by atoms with van der Waals surface area (Å²) < 4.78 is 6.45. The van der Waals surface area contributed by atoms with E-state index < -0.39 is 0 Å². The molecule has 7 heteroatoms. The van der Waals surface area contributed by atoms with Gasteiger partial charge in [0, 0.05) is 37.9 Å². The van der Waals surface area contributed by atoms with Crippen LogP contribution in [0, 0.1) is 18.3 Å². The summed E-state index contributed by atoms with van der Waals surface area (Å²) >= 11 is 0. The van der Waals surface area contributed by atoms with E-state index in [-0.39, 0.29) is 0 Å². The SMILES string of the molecule is Cc1c(-c2ccccc2)c(N2CC[C@H](N(C)C)C2)c2oc(N(C)c3ccccn3)nc2c1C#N. The zero-order valence-corrected chi connectivity index (χ0v) is 20.0. The van der Waals surface area contributed by atoms with Gasteiger partial charge in [0.15, 0.2) is 5.58 Å².